The Hall–Kier alpha value is -3.78. The first-order valence-corrected chi connectivity index (χ1v) is 11.1. The van der Waals surface area contributed by atoms with Gasteiger partial charge in [0, 0.05) is 24.2 Å². The van der Waals surface area contributed by atoms with Crippen molar-refractivity contribution < 1.29 is 9.53 Å². The number of nitrogens with one attached hydrogen (secondary N) is 3. The van der Waals surface area contributed by atoms with Crippen LogP contribution < -0.4 is 16.0 Å². The van der Waals surface area contributed by atoms with Gasteiger partial charge in [0.15, 0.2) is 0 Å². The molecule has 2 aromatic rings. The van der Waals surface area contributed by atoms with Crippen molar-refractivity contribution in [1.29, 1.82) is 5.26 Å². The molecular weight excluding hydrogens is 416 g/mol. The van der Waals surface area contributed by atoms with Gasteiger partial charge in [0.25, 0.3) is 0 Å². The number of ether oxygens (including phenoxy) is 1. The second kappa shape index (κ2) is 10.7. The number of nitriles is 1. The van der Waals surface area contributed by atoms with E-state index in [1.807, 2.05) is 26.8 Å². The predicted molar refractivity (Wildman–Crippen MR) is 128 cm³/mol. The predicted octanol–water partition coefficient (Wildman–Crippen LogP) is 4.57. The van der Waals surface area contributed by atoms with Crippen LogP contribution in [0.3, 0.4) is 0 Å². The molecule has 0 atom stereocenters. The van der Waals surface area contributed by atoms with Crippen LogP contribution >= 0.6 is 0 Å². The quantitative estimate of drug-likeness (QED) is 0.557. The minimum Gasteiger partial charge on any atom is -0.444 e. The fourth-order valence-corrected chi connectivity index (χ4v) is 3.21. The van der Waals surface area contributed by atoms with Gasteiger partial charge in [-0.2, -0.15) is 10.2 Å². The third-order valence-electron chi connectivity index (χ3n) is 4.85. The molecule has 0 bridgehead atoms. The zero-order valence-electron chi connectivity index (χ0n) is 19.5. The van der Waals surface area contributed by atoms with E-state index in [0.717, 1.165) is 37.1 Å². The molecule has 1 aliphatic rings. The zero-order chi connectivity index (χ0) is 23.8. The summed E-state index contributed by atoms with van der Waals surface area (Å²) in [4.78, 5) is 20.8. The maximum atomic E-state index is 11.9. The first kappa shape index (κ1) is 23.9. The van der Waals surface area contributed by atoms with Gasteiger partial charge >= 0.3 is 6.09 Å². The maximum Gasteiger partial charge on any atom is 0.407 e. The number of nitrogens with zero attached hydrogens (tertiary/aromatic N) is 3. The second-order valence-electron chi connectivity index (χ2n) is 8.98. The number of hydrogen-bond acceptors (Lipinski definition) is 7. The second-order valence-corrected chi connectivity index (χ2v) is 8.98. The van der Waals surface area contributed by atoms with Crippen LogP contribution in [-0.4, -0.2) is 34.2 Å². The fourth-order valence-electron chi connectivity index (χ4n) is 3.21. The van der Waals surface area contributed by atoms with Crippen LogP contribution in [0.2, 0.25) is 0 Å². The fraction of sp³-hybridized carbons (Fsp3) is 0.440. The van der Waals surface area contributed by atoms with Gasteiger partial charge in [-0.15, -0.1) is 0 Å². The minimum atomic E-state index is -0.505. The van der Waals surface area contributed by atoms with E-state index in [1.165, 1.54) is 0 Å². The smallest absolute Gasteiger partial charge is 0.407 e. The van der Waals surface area contributed by atoms with Crippen molar-refractivity contribution in [3.63, 3.8) is 0 Å². The van der Waals surface area contributed by atoms with Gasteiger partial charge in [0.05, 0.1) is 23.4 Å². The molecule has 0 radical (unpaired) electrons. The van der Waals surface area contributed by atoms with Gasteiger partial charge < -0.3 is 20.7 Å². The number of carbonyl (C=O) groups is 1. The molecule has 0 unspecified atom stereocenters. The van der Waals surface area contributed by atoms with Gasteiger partial charge in [-0.05, 0) is 58.2 Å². The van der Waals surface area contributed by atoms with E-state index < -0.39 is 5.60 Å². The molecular formula is C25H30N6O2. The molecule has 33 heavy (non-hydrogen) atoms. The highest BCUT2D eigenvalue weighted by Gasteiger charge is 2.30. The van der Waals surface area contributed by atoms with Crippen LogP contribution in [0.15, 0.2) is 30.5 Å². The van der Waals surface area contributed by atoms with Crippen LogP contribution in [0.5, 0.6) is 0 Å². The van der Waals surface area contributed by atoms with Crippen molar-refractivity contribution in [2.75, 3.05) is 17.2 Å². The van der Waals surface area contributed by atoms with Crippen molar-refractivity contribution in [3.8, 4) is 17.9 Å². The third-order valence-corrected chi connectivity index (χ3v) is 4.85. The van der Waals surface area contributed by atoms with Gasteiger partial charge in [-0.1, -0.05) is 24.8 Å². The molecule has 1 amide bonds. The summed E-state index contributed by atoms with van der Waals surface area (Å²) >= 11 is 0. The van der Waals surface area contributed by atoms with Crippen LogP contribution in [-0.2, 0) is 4.74 Å². The van der Waals surface area contributed by atoms with Crippen molar-refractivity contribution in [2.45, 2.75) is 58.6 Å². The van der Waals surface area contributed by atoms with Crippen LogP contribution in [0, 0.1) is 29.1 Å². The lowest BCUT2D eigenvalue weighted by molar-refractivity contribution is 0.0467. The average Bonchev–Trinajstić information content (AvgIpc) is 2.73. The van der Waals surface area contributed by atoms with Crippen molar-refractivity contribution in [2.24, 2.45) is 5.92 Å². The summed E-state index contributed by atoms with van der Waals surface area (Å²) in [6.45, 7) is 8.38. The number of rotatable bonds is 6. The van der Waals surface area contributed by atoms with E-state index >= 15 is 0 Å². The monoisotopic (exact) mass is 446 g/mol. The van der Waals surface area contributed by atoms with Crippen molar-refractivity contribution in [1.82, 2.24) is 15.3 Å². The Bertz CT molecular complexity index is 1080. The number of aromatic nitrogens is 2. The average molecular weight is 447 g/mol. The molecule has 3 rings (SSSR count). The summed E-state index contributed by atoms with van der Waals surface area (Å²) in [5.41, 5.74) is 1.52. The Morgan fingerprint density at radius 1 is 1.30 bits per heavy atom. The first-order chi connectivity index (χ1) is 15.8. The lowest BCUT2D eigenvalue weighted by Crippen LogP contribution is -2.45. The molecule has 3 N–H and O–H groups in total. The lowest BCUT2D eigenvalue weighted by atomic mass is 9.81. The molecule has 172 valence electrons. The molecule has 1 aliphatic carbocycles. The highest BCUT2D eigenvalue weighted by atomic mass is 16.6. The highest BCUT2D eigenvalue weighted by Crippen LogP contribution is 2.27. The van der Waals surface area contributed by atoms with E-state index in [1.54, 1.807) is 24.4 Å². The van der Waals surface area contributed by atoms with E-state index in [2.05, 4.69) is 50.8 Å². The molecule has 0 aliphatic heterocycles. The number of carbonyl (C=O) groups excluding carboxylic acids is 1. The van der Waals surface area contributed by atoms with Gasteiger partial charge in [-0.25, -0.2) is 9.78 Å². The van der Waals surface area contributed by atoms with Gasteiger partial charge in [-0.3, -0.25) is 0 Å². The zero-order valence-corrected chi connectivity index (χ0v) is 19.5. The summed E-state index contributed by atoms with van der Waals surface area (Å²) in [5.74, 6) is 7.76. The van der Waals surface area contributed by atoms with Gasteiger partial charge in [0.2, 0.25) is 5.95 Å². The van der Waals surface area contributed by atoms with E-state index in [-0.39, 0.29) is 18.1 Å². The minimum absolute atomic E-state index is 0.0869. The normalized spacial score (nSPS) is 16.9. The lowest BCUT2D eigenvalue weighted by Gasteiger charge is -2.33. The Balaban J connectivity index is 1.63. The van der Waals surface area contributed by atoms with Crippen molar-refractivity contribution >= 4 is 23.5 Å². The largest absolute Gasteiger partial charge is 0.444 e. The van der Waals surface area contributed by atoms with Crippen LogP contribution in [0.1, 0.15) is 58.1 Å². The molecule has 0 saturated heterocycles. The highest BCUT2D eigenvalue weighted by molar-refractivity contribution is 5.68. The van der Waals surface area contributed by atoms with Crippen molar-refractivity contribution in [3.05, 3.63) is 41.6 Å². The van der Waals surface area contributed by atoms with Crippen LogP contribution in [0.4, 0.5) is 22.2 Å². The summed E-state index contributed by atoms with van der Waals surface area (Å²) in [5, 5.41) is 18.4. The number of amides is 1. The molecule has 1 fully saturated rings. The summed E-state index contributed by atoms with van der Waals surface area (Å²) in [6.07, 6.45) is 3.84. The number of alkyl carbamates (subject to hydrolysis) is 1. The molecule has 8 nitrogen and oxygen atoms in total. The maximum absolute atomic E-state index is 11.9. The summed E-state index contributed by atoms with van der Waals surface area (Å²) < 4.78 is 5.30. The van der Waals surface area contributed by atoms with Gasteiger partial charge in [0.1, 0.15) is 11.4 Å². The Morgan fingerprint density at radius 2 is 2.09 bits per heavy atom. The number of hydrogen-bond donors (Lipinski definition) is 3. The molecule has 0 spiro atoms. The molecule has 1 heterocycles. The molecule has 1 aromatic heterocycles. The topological polar surface area (TPSA) is 112 Å². The SMILES string of the molecule is CCCNc1nc(Nc2cccc(C#N)c2)ncc1C#CC1CC(NC(=O)OC(C)(C)C)C1. The van der Waals surface area contributed by atoms with E-state index in [4.69, 9.17) is 10.00 Å². The standard InChI is InChI=1S/C25H30N6O2/c1-5-11-27-22-19(10-9-17-12-21(13-17)30-24(32)33-25(2,3)4)16-28-23(31-22)29-20-8-6-7-18(14-20)15-26/h6-8,14,16-17,21H,5,11-13H2,1-4H3,(H,30,32)(H2,27,28,29,31). The third kappa shape index (κ3) is 7.40. The Kier molecular flexibility index (Phi) is 7.74. The summed E-state index contributed by atoms with van der Waals surface area (Å²) in [6, 6.07) is 9.36. The number of anilines is 3. The van der Waals surface area contributed by atoms with Crippen LogP contribution in [0.25, 0.3) is 0 Å². The Morgan fingerprint density at radius 3 is 2.79 bits per heavy atom. The van der Waals surface area contributed by atoms with E-state index in [9.17, 15) is 4.79 Å². The molecule has 1 saturated carbocycles. The number of benzene rings is 1. The molecule has 1 aromatic carbocycles. The first-order valence-electron chi connectivity index (χ1n) is 11.1. The summed E-state index contributed by atoms with van der Waals surface area (Å²) in [7, 11) is 0. The van der Waals surface area contributed by atoms with E-state index in [0.29, 0.717) is 17.3 Å². The Labute approximate surface area is 195 Å². The molecule has 8 heteroatoms.